The maximum atomic E-state index is 11.6. The molecule has 0 spiro atoms. The molecule has 5 nitrogen and oxygen atoms in total. The molecule has 3 rings (SSSR count). The van der Waals surface area contributed by atoms with Crippen LogP contribution in [0.3, 0.4) is 0 Å². The van der Waals surface area contributed by atoms with Crippen molar-refractivity contribution in [1.29, 1.82) is 0 Å². The molecule has 2 aromatic rings. The van der Waals surface area contributed by atoms with E-state index in [1.54, 1.807) is 12.4 Å². The first-order valence-electron chi connectivity index (χ1n) is 7.10. The molecule has 108 valence electrons. The third kappa shape index (κ3) is 4.21. The number of benzene rings is 1. The van der Waals surface area contributed by atoms with Gasteiger partial charge in [0.2, 0.25) is 0 Å². The Morgan fingerprint density at radius 2 is 1.71 bits per heavy atom. The summed E-state index contributed by atoms with van der Waals surface area (Å²) in [5.74, 6) is 0. The molecule has 0 unspecified atom stereocenters. The number of pyridine rings is 1. The highest BCUT2D eigenvalue weighted by Gasteiger charge is 2.23. The number of carbonyl (C=O) groups excluding carboxylic acids is 1. The fourth-order valence-electron chi connectivity index (χ4n) is 1.96. The molecular weight excluding hydrogens is 264 g/mol. The highest BCUT2D eigenvalue weighted by Crippen LogP contribution is 2.19. The first kappa shape index (κ1) is 13.4. The van der Waals surface area contributed by atoms with Gasteiger partial charge in [-0.3, -0.25) is 4.98 Å². The maximum Gasteiger partial charge on any atom is 0.319 e. The fourth-order valence-corrected chi connectivity index (χ4v) is 1.96. The minimum Gasteiger partial charge on any atom is -0.381 e. The zero-order chi connectivity index (χ0) is 14.5. The normalized spacial score (nSPS) is 13.5. The van der Waals surface area contributed by atoms with Crippen molar-refractivity contribution in [2.24, 2.45) is 0 Å². The van der Waals surface area contributed by atoms with Crippen LogP contribution in [0.1, 0.15) is 18.4 Å². The van der Waals surface area contributed by atoms with E-state index in [2.05, 4.69) is 20.9 Å². The summed E-state index contributed by atoms with van der Waals surface area (Å²) in [7, 11) is 0. The Bertz CT molecular complexity index is 593. The van der Waals surface area contributed by atoms with Gasteiger partial charge in [-0.25, -0.2) is 4.79 Å². The largest absolute Gasteiger partial charge is 0.381 e. The lowest BCUT2D eigenvalue weighted by Gasteiger charge is -2.09. The second-order valence-electron chi connectivity index (χ2n) is 5.16. The quantitative estimate of drug-likeness (QED) is 0.790. The molecule has 5 heteroatoms. The van der Waals surface area contributed by atoms with E-state index >= 15 is 0 Å². The van der Waals surface area contributed by atoms with Gasteiger partial charge in [-0.2, -0.15) is 0 Å². The minimum atomic E-state index is -0.130. The molecule has 1 aromatic heterocycles. The van der Waals surface area contributed by atoms with Crippen molar-refractivity contribution in [3.05, 3.63) is 54.4 Å². The Morgan fingerprint density at radius 3 is 2.38 bits per heavy atom. The van der Waals surface area contributed by atoms with Crippen molar-refractivity contribution in [3.63, 3.8) is 0 Å². The van der Waals surface area contributed by atoms with Crippen LogP contribution in [-0.4, -0.2) is 17.1 Å². The number of anilines is 2. The summed E-state index contributed by atoms with van der Waals surface area (Å²) in [4.78, 5) is 15.6. The van der Waals surface area contributed by atoms with Gasteiger partial charge in [0.05, 0.1) is 0 Å². The Labute approximate surface area is 123 Å². The van der Waals surface area contributed by atoms with Crippen molar-refractivity contribution in [1.82, 2.24) is 10.3 Å². The van der Waals surface area contributed by atoms with Crippen molar-refractivity contribution in [3.8, 4) is 0 Å². The van der Waals surface area contributed by atoms with Crippen LogP contribution in [0.15, 0.2) is 48.8 Å². The SMILES string of the molecule is O=C(Nc1ccc(NCc2ccncc2)cc1)NC1CC1. The van der Waals surface area contributed by atoms with Gasteiger partial charge in [0.15, 0.2) is 0 Å². The van der Waals surface area contributed by atoms with Gasteiger partial charge in [-0.1, -0.05) is 0 Å². The average Bonchev–Trinajstić information content (AvgIpc) is 3.31. The molecule has 1 aliphatic carbocycles. The van der Waals surface area contributed by atoms with Crippen molar-refractivity contribution < 1.29 is 4.79 Å². The van der Waals surface area contributed by atoms with E-state index in [0.29, 0.717) is 6.04 Å². The van der Waals surface area contributed by atoms with E-state index in [0.717, 1.165) is 30.8 Å². The summed E-state index contributed by atoms with van der Waals surface area (Å²) in [5, 5.41) is 9.05. The highest BCUT2D eigenvalue weighted by molar-refractivity contribution is 5.89. The second-order valence-corrected chi connectivity index (χ2v) is 5.16. The molecule has 0 bridgehead atoms. The van der Waals surface area contributed by atoms with Gasteiger partial charge in [-0.15, -0.1) is 0 Å². The molecular formula is C16H18N4O. The van der Waals surface area contributed by atoms with Gasteiger partial charge in [0.25, 0.3) is 0 Å². The lowest BCUT2D eigenvalue weighted by Crippen LogP contribution is -2.30. The number of urea groups is 1. The Morgan fingerprint density at radius 1 is 1.05 bits per heavy atom. The van der Waals surface area contributed by atoms with Crippen LogP contribution in [0, 0.1) is 0 Å². The van der Waals surface area contributed by atoms with Gasteiger partial charge in [0.1, 0.15) is 0 Å². The summed E-state index contributed by atoms with van der Waals surface area (Å²) in [5.41, 5.74) is 2.98. The Kier molecular flexibility index (Phi) is 4.00. The smallest absolute Gasteiger partial charge is 0.319 e. The van der Waals surface area contributed by atoms with E-state index < -0.39 is 0 Å². The molecule has 1 fully saturated rings. The highest BCUT2D eigenvalue weighted by atomic mass is 16.2. The lowest BCUT2D eigenvalue weighted by molar-refractivity contribution is 0.251. The summed E-state index contributed by atoms with van der Waals surface area (Å²) in [6.45, 7) is 0.747. The zero-order valence-electron chi connectivity index (χ0n) is 11.7. The van der Waals surface area contributed by atoms with Crippen LogP contribution in [0.4, 0.5) is 16.2 Å². The molecule has 0 atom stereocenters. The first-order chi connectivity index (χ1) is 10.3. The van der Waals surface area contributed by atoms with Crippen LogP contribution < -0.4 is 16.0 Å². The maximum absolute atomic E-state index is 11.6. The van der Waals surface area contributed by atoms with Gasteiger partial charge in [-0.05, 0) is 54.8 Å². The molecule has 3 N–H and O–H groups in total. The topological polar surface area (TPSA) is 66.0 Å². The monoisotopic (exact) mass is 282 g/mol. The molecule has 2 amide bonds. The minimum absolute atomic E-state index is 0.130. The summed E-state index contributed by atoms with van der Waals surface area (Å²) >= 11 is 0. The van der Waals surface area contributed by atoms with E-state index in [1.807, 2.05) is 36.4 Å². The molecule has 1 saturated carbocycles. The molecule has 1 heterocycles. The van der Waals surface area contributed by atoms with Crippen molar-refractivity contribution in [2.45, 2.75) is 25.4 Å². The van der Waals surface area contributed by atoms with E-state index in [4.69, 9.17) is 0 Å². The molecule has 1 aromatic carbocycles. The summed E-state index contributed by atoms with van der Waals surface area (Å²) < 4.78 is 0. The number of nitrogens with zero attached hydrogens (tertiary/aromatic N) is 1. The van der Waals surface area contributed by atoms with Gasteiger partial charge >= 0.3 is 6.03 Å². The van der Waals surface area contributed by atoms with Gasteiger partial charge in [0, 0.05) is 36.4 Å². The summed E-state index contributed by atoms with van der Waals surface area (Å²) in [6, 6.07) is 11.9. The van der Waals surface area contributed by atoms with Crippen LogP contribution in [0.5, 0.6) is 0 Å². The number of aromatic nitrogens is 1. The molecule has 0 radical (unpaired) electrons. The van der Waals surface area contributed by atoms with Crippen molar-refractivity contribution >= 4 is 17.4 Å². The third-order valence-corrected chi connectivity index (χ3v) is 3.30. The molecule has 0 aliphatic heterocycles. The third-order valence-electron chi connectivity index (χ3n) is 3.30. The van der Waals surface area contributed by atoms with Crippen LogP contribution in [0.25, 0.3) is 0 Å². The lowest BCUT2D eigenvalue weighted by atomic mass is 10.2. The number of hydrogen-bond donors (Lipinski definition) is 3. The average molecular weight is 282 g/mol. The van der Waals surface area contributed by atoms with Gasteiger partial charge < -0.3 is 16.0 Å². The standard InChI is InChI=1S/C16H18N4O/c21-16(20-15-5-6-15)19-14-3-1-13(2-4-14)18-11-12-7-9-17-10-8-12/h1-4,7-10,15,18H,5-6,11H2,(H2,19,20,21). The van der Waals surface area contributed by atoms with Crippen LogP contribution >= 0.6 is 0 Å². The number of rotatable bonds is 5. The zero-order valence-corrected chi connectivity index (χ0v) is 11.7. The summed E-state index contributed by atoms with van der Waals surface area (Å²) in [6.07, 6.45) is 5.74. The Hall–Kier alpha value is -2.56. The molecule has 1 aliphatic rings. The van der Waals surface area contributed by atoms with E-state index in [-0.39, 0.29) is 6.03 Å². The van der Waals surface area contributed by atoms with E-state index in [1.165, 1.54) is 5.56 Å². The Balaban J connectivity index is 1.50. The number of amides is 2. The van der Waals surface area contributed by atoms with Crippen LogP contribution in [-0.2, 0) is 6.54 Å². The fraction of sp³-hybridized carbons (Fsp3) is 0.250. The first-order valence-corrected chi connectivity index (χ1v) is 7.10. The molecule has 21 heavy (non-hydrogen) atoms. The predicted octanol–water partition coefficient (Wildman–Crippen LogP) is 2.98. The van der Waals surface area contributed by atoms with E-state index in [9.17, 15) is 4.79 Å². The van der Waals surface area contributed by atoms with Crippen LogP contribution in [0.2, 0.25) is 0 Å². The molecule has 0 saturated heterocycles. The second kappa shape index (κ2) is 6.26. The number of hydrogen-bond acceptors (Lipinski definition) is 3. The number of nitrogens with one attached hydrogen (secondary N) is 3. The number of carbonyl (C=O) groups is 1. The predicted molar refractivity (Wildman–Crippen MR) is 83.2 cm³/mol. The van der Waals surface area contributed by atoms with Crippen molar-refractivity contribution in [2.75, 3.05) is 10.6 Å².